The first-order valence-corrected chi connectivity index (χ1v) is 16.5. The molecule has 4 rings (SSSR count). The van der Waals surface area contributed by atoms with E-state index in [1.54, 1.807) is 50.2 Å². The maximum Gasteiger partial charge on any atom is 0.287 e. The van der Waals surface area contributed by atoms with Gasteiger partial charge in [0.2, 0.25) is 11.7 Å². The number of amides is 2. The summed E-state index contributed by atoms with van der Waals surface area (Å²) in [6.45, 7) is 5.15. The third-order valence-electron chi connectivity index (χ3n) is 8.13. The molecule has 0 radical (unpaired) electrons. The minimum atomic E-state index is -4.01. The third kappa shape index (κ3) is 6.58. The van der Waals surface area contributed by atoms with E-state index in [9.17, 15) is 27.6 Å². The van der Waals surface area contributed by atoms with Gasteiger partial charge in [0, 0.05) is 29.9 Å². The van der Waals surface area contributed by atoms with Gasteiger partial charge in [0.05, 0.1) is 26.6 Å². The predicted molar refractivity (Wildman–Crippen MR) is 161 cm³/mol. The van der Waals surface area contributed by atoms with E-state index in [-0.39, 0.29) is 41.3 Å². The number of benzene rings is 2. The average Bonchev–Trinajstić information content (AvgIpc) is 3.62. The van der Waals surface area contributed by atoms with Crippen molar-refractivity contribution in [3.05, 3.63) is 64.1 Å². The third-order valence-corrected chi connectivity index (χ3v) is 11.0. The zero-order valence-electron chi connectivity index (χ0n) is 23.9. The summed E-state index contributed by atoms with van der Waals surface area (Å²) >= 11 is 12.3. The Labute approximate surface area is 257 Å². The van der Waals surface area contributed by atoms with Crippen LogP contribution in [0.2, 0.25) is 10.0 Å². The van der Waals surface area contributed by atoms with Crippen molar-refractivity contribution in [1.29, 1.82) is 0 Å². The van der Waals surface area contributed by atoms with Gasteiger partial charge in [0.15, 0.2) is 15.6 Å². The molecule has 2 fully saturated rings. The Morgan fingerprint density at radius 1 is 1.02 bits per heavy atom. The molecule has 1 saturated heterocycles. The Morgan fingerprint density at radius 2 is 1.67 bits per heavy atom. The van der Waals surface area contributed by atoms with E-state index in [1.807, 2.05) is 6.92 Å². The second-order valence-electron chi connectivity index (χ2n) is 11.5. The molecule has 1 heterocycles. The van der Waals surface area contributed by atoms with E-state index in [0.717, 1.165) is 5.56 Å². The molecule has 11 heteroatoms. The normalized spacial score (nSPS) is 20.3. The van der Waals surface area contributed by atoms with E-state index < -0.39 is 49.9 Å². The van der Waals surface area contributed by atoms with Crippen LogP contribution >= 0.6 is 23.2 Å². The molecule has 2 amide bonds. The zero-order valence-corrected chi connectivity index (χ0v) is 26.3. The lowest BCUT2D eigenvalue weighted by molar-refractivity contribution is -0.143. The van der Waals surface area contributed by atoms with Crippen LogP contribution in [0.15, 0.2) is 53.4 Å². The lowest BCUT2D eigenvalue weighted by Crippen LogP contribution is -2.47. The van der Waals surface area contributed by atoms with E-state index in [1.165, 1.54) is 17.0 Å². The van der Waals surface area contributed by atoms with Gasteiger partial charge >= 0.3 is 0 Å². The molecule has 226 valence electrons. The molecular formula is C31H36Cl2N2O6S. The van der Waals surface area contributed by atoms with E-state index in [0.29, 0.717) is 30.7 Å². The Kier molecular flexibility index (Phi) is 9.85. The van der Waals surface area contributed by atoms with Gasteiger partial charge in [0.1, 0.15) is 0 Å². The summed E-state index contributed by atoms with van der Waals surface area (Å²) < 4.78 is 27.5. The second kappa shape index (κ2) is 12.9. The SMILES string of the molecule is CCC[C@H](CC(=O)[C@@H]1C[C@@H](S(=O)(=O)c2ccccc2Cl)CN1C(=O)C1(c2ccc(Cl)cc2)CC1)C(=O)C(=O)NC(C)C. The number of sulfone groups is 1. The quantitative estimate of drug-likeness (QED) is 0.331. The Balaban J connectivity index is 1.66. The summed E-state index contributed by atoms with van der Waals surface area (Å²) in [4.78, 5) is 54.9. The standard InChI is InChI=1S/C31H36Cl2N2O6S/c1-4-7-20(28(37)29(38)34-19(2)3)16-26(36)25-17-23(42(40,41)27-9-6-5-8-24(27)33)18-35(25)30(39)31(14-15-31)21-10-12-22(32)13-11-21/h5-6,8-13,19-20,23,25H,4,7,14-18H2,1-3H3,(H,34,38)/t20-,23-,25+/m1/s1. The topological polar surface area (TPSA) is 118 Å². The molecule has 1 aliphatic heterocycles. The first kappa shape index (κ1) is 32.2. The first-order valence-electron chi connectivity index (χ1n) is 14.2. The predicted octanol–water partition coefficient (Wildman–Crippen LogP) is 4.94. The molecule has 0 spiro atoms. The number of nitrogens with one attached hydrogen (secondary N) is 1. The number of rotatable bonds is 12. The molecule has 2 aliphatic rings. The number of likely N-dealkylation sites (tertiary alicyclic amines) is 1. The van der Waals surface area contributed by atoms with Gasteiger partial charge in [-0.1, -0.05) is 60.8 Å². The van der Waals surface area contributed by atoms with Gasteiger partial charge < -0.3 is 10.2 Å². The van der Waals surface area contributed by atoms with Gasteiger partial charge in [0.25, 0.3) is 5.91 Å². The number of carbonyl (C=O) groups is 4. The van der Waals surface area contributed by atoms with Crippen molar-refractivity contribution < 1.29 is 27.6 Å². The molecule has 1 aliphatic carbocycles. The van der Waals surface area contributed by atoms with Gasteiger partial charge in [-0.3, -0.25) is 19.2 Å². The van der Waals surface area contributed by atoms with Crippen molar-refractivity contribution in [1.82, 2.24) is 10.2 Å². The van der Waals surface area contributed by atoms with Crippen LogP contribution in [0.25, 0.3) is 0 Å². The molecular weight excluding hydrogens is 599 g/mol. The van der Waals surface area contributed by atoms with Crippen LogP contribution < -0.4 is 5.32 Å². The molecule has 1 saturated carbocycles. The molecule has 0 bridgehead atoms. The van der Waals surface area contributed by atoms with Crippen molar-refractivity contribution in [3.63, 3.8) is 0 Å². The number of ketones is 2. The first-order chi connectivity index (χ1) is 19.8. The molecule has 42 heavy (non-hydrogen) atoms. The van der Waals surface area contributed by atoms with Crippen LogP contribution in [0.1, 0.15) is 64.9 Å². The fourth-order valence-electron chi connectivity index (χ4n) is 5.77. The van der Waals surface area contributed by atoms with Crippen LogP contribution in [0.3, 0.4) is 0 Å². The number of carbonyl (C=O) groups excluding carboxylic acids is 4. The van der Waals surface area contributed by atoms with Gasteiger partial charge in [-0.15, -0.1) is 0 Å². The lowest BCUT2D eigenvalue weighted by atomic mass is 9.89. The molecule has 2 aromatic carbocycles. The summed E-state index contributed by atoms with van der Waals surface area (Å²) in [6, 6.07) is 11.7. The number of Topliss-reactive ketones (excluding diaryl/α,β-unsaturated/α-hetero) is 2. The number of hydrogen-bond donors (Lipinski definition) is 1. The van der Waals surface area contributed by atoms with Crippen molar-refractivity contribution in [2.24, 2.45) is 5.92 Å². The van der Waals surface area contributed by atoms with Crippen molar-refractivity contribution in [3.8, 4) is 0 Å². The Hall–Kier alpha value is -2.75. The number of nitrogens with zero attached hydrogens (tertiary/aromatic N) is 1. The summed E-state index contributed by atoms with van der Waals surface area (Å²) in [7, 11) is -4.01. The molecule has 1 N–H and O–H groups in total. The monoisotopic (exact) mass is 634 g/mol. The summed E-state index contributed by atoms with van der Waals surface area (Å²) in [6.07, 6.45) is 1.60. The van der Waals surface area contributed by atoms with Crippen molar-refractivity contribution >= 4 is 56.4 Å². The van der Waals surface area contributed by atoms with Crippen LogP contribution in [0.4, 0.5) is 0 Å². The maximum atomic E-state index is 14.2. The van der Waals surface area contributed by atoms with Crippen LogP contribution in [-0.2, 0) is 34.4 Å². The van der Waals surface area contributed by atoms with Gasteiger partial charge in [-0.05, 0) is 69.4 Å². The van der Waals surface area contributed by atoms with Gasteiger partial charge in [-0.2, -0.15) is 0 Å². The molecule has 8 nitrogen and oxygen atoms in total. The highest BCUT2D eigenvalue weighted by molar-refractivity contribution is 7.92. The molecule has 2 aromatic rings. The second-order valence-corrected chi connectivity index (χ2v) is 14.6. The Morgan fingerprint density at radius 3 is 2.24 bits per heavy atom. The maximum absolute atomic E-state index is 14.2. The highest BCUT2D eigenvalue weighted by Crippen LogP contribution is 2.51. The number of hydrogen-bond acceptors (Lipinski definition) is 6. The molecule has 0 unspecified atom stereocenters. The summed E-state index contributed by atoms with van der Waals surface area (Å²) in [5.74, 6) is -3.07. The zero-order chi connectivity index (χ0) is 30.8. The van der Waals surface area contributed by atoms with Crippen LogP contribution in [0.5, 0.6) is 0 Å². The van der Waals surface area contributed by atoms with E-state index in [2.05, 4.69) is 5.32 Å². The largest absolute Gasteiger partial charge is 0.347 e. The minimum Gasteiger partial charge on any atom is -0.347 e. The summed E-state index contributed by atoms with van der Waals surface area (Å²) in [5, 5.41) is 2.11. The Bertz CT molecular complexity index is 1470. The smallest absolute Gasteiger partial charge is 0.287 e. The fraction of sp³-hybridized carbons (Fsp3) is 0.484. The average molecular weight is 636 g/mol. The van der Waals surface area contributed by atoms with Crippen molar-refractivity contribution in [2.75, 3.05) is 6.54 Å². The fourth-order valence-corrected chi connectivity index (χ4v) is 8.12. The molecule has 3 atom stereocenters. The van der Waals surface area contributed by atoms with E-state index in [4.69, 9.17) is 23.2 Å². The van der Waals surface area contributed by atoms with Crippen molar-refractivity contribution in [2.45, 2.75) is 86.9 Å². The van der Waals surface area contributed by atoms with E-state index >= 15 is 0 Å². The highest BCUT2D eigenvalue weighted by atomic mass is 35.5. The highest BCUT2D eigenvalue weighted by Gasteiger charge is 2.57. The number of halogens is 2. The summed E-state index contributed by atoms with van der Waals surface area (Å²) in [5.41, 5.74) is -0.119. The molecule has 0 aromatic heterocycles. The van der Waals surface area contributed by atoms with Gasteiger partial charge in [-0.25, -0.2) is 8.42 Å². The lowest BCUT2D eigenvalue weighted by Gasteiger charge is -2.29. The minimum absolute atomic E-state index is 0.0552. The van der Waals surface area contributed by atoms with Crippen LogP contribution in [-0.4, -0.2) is 60.6 Å². The van der Waals surface area contributed by atoms with Crippen LogP contribution in [0, 0.1) is 5.92 Å².